The molecule has 0 spiro atoms. The minimum Gasteiger partial charge on any atom is -0.319 e. The van der Waals surface area contributed by atoms with E-state index in [-0.39, 0.29) is 0 Å². The Labute approximate surface area is 91.9 Å². The Morgan fingerprint density at radius 2 is 2.40 bits per heavy atom. The second-order valence-corrected chi connectivity index (χ2v) is 4.48. The lowest BCUT2D eigenvalue weighted by Gasteiger charge is -2.36. The minimum absolute atomic E-state index is 0.742. The zero-order valence-electron chi connectivity index (χ0n) is 9.74. The van der Waals surface area contributed by atoms with Gasteiger partial charge in [-0.3, -0.25) is 4.68 Å². The number of nitrogens with zero attached hydrogens (tertiary/aromatic N) is 2. The maximum atomic E-state index is 4.40. The van der Waals surface area contributed by atoms with Gasteiger partial charge in [0.15, 0.2) is 0 Å². The summed E-state index contributed by atoms with van der Waals surface area (Å²) in [5.74, 6) is 1.56. The van der Waals surface area contributed by atoms with E-state index >= 15 is 0 Å². The van der Waals surface area contributed by atoms with Crippen molar-refractivity contribution >= 4 is 0 Å². The van der Waals surface area contributed by atoms with Crippen LogP contribution in [0.3, 0.4) is 0 Å². The monoisotopic (exact) mass is 207 g/mol. The largest absolute Gasteiger partial charge is 0.319 e. The zero-order chi connectivity index (χ0) is 10.7. The van der Waals surface area contributed by atoms with Crippen molar-refractivity contribution in [2.75, 3.05) is 13.6 Å². The van der Waals surface area contributed by atoms with Crippen molar-refractivity contribution in [3.63, 3.8) is 0 Å². The highest BCUT2D eigenvalue weighted by molar-refractivity contribution is 5.13. The highest BCUT2D eigenvalue weighted by Gasteiger charge is 2.33. The molecule has 0 amide bonds. The Morgan fingerprint density at radius 3 is 3.00 bits per heavy atom. The zero-order valence-corrected chi connectivity index (χ0v) is 9.74. The van der Waals surface area contributed by atoms with Crippen molar-refractivity contribution in [2.24, 2.45) is 5.92 Å². The summed E-state index contributed by atoms with van der Waals surface area (Å²) in [6.07, 6.45) is 5.81. The molecule has 3 heteroatoms. The number of aryl methyl sites for hydroxylation is 1. The minimum atomic E-state index is 0.742. The van der Waals surface area contributed by atoms with Gasteiger partial charge in [0.2, 0.25) is 0 Å². The predicted octanol–water partition coefficient (Wildman–Crippen LogP) is 2.01. The van der Waals surface area contributed by atoms with Gasteiger partial charge in [-0.1, -0.05) is 6.92 Å². The van der Waals surface area contributed by atoms with Crippen molar-refractivity contribution in [3.8, 4) is 0 Å². The van der Waals surface area contributed by atoms with Crippen LogP contribution in [0.25, 0.3) is 0 Å². The van der Waals surface area contributed by atoms with E-state index in [0.29, 0.717) is 0 Å². The van der Waals surface area contributed by atoms with Gasteiger partial charge in [-0.05, 0) is 44.8 Å². The second-order valence-electron chi connectivity index (χ2n) is 4.48. The molecule has 1 aromatic rings. The first-order valence-electron chi connectivity index (χ1n) is 6.03. The maximum absolute atomic E-state index is 4.40. The highest BCUT2D eigenvalue weighted by Crippen LogP contribution is 2.41. The van der Waals surface area contributed by atoms with Crippen LogP contribution < -0.4 is 5.32 Å². The average Bonchev–Trinajstić information content (AvgIpc) is 2.62. The molecule has 1 aliphatic carbocycles. The van der Waals surface area contributed by atoms with E-state index in [1.54, 1.807) is 0 Å². The third-order valence-electron chi connectivity index (χ3n) is 3.45. The first-order valence-corrected chi connectivity index (χ1v) is 6.03. The molecule has 0 radical (unpaired) electrons. The average molecular weight is 207 g/mol. The first kappa shape index (κ1) is 10.7. The van der Waals surface area contributed by atoms with Crippen LogP contribution in [0.15, 0.2) is 12.3 Å². The summed E-state index contributed by atoms with van der Waals surface area (Å²) < 4.78 is 2.19. The van der Waals surface area contributed by atoms with Gasteiger partial charge in [0.25, 0.3) is 0 Å². The third-order valence-corrected chi connectivity index (χ3v) is 3.45. The molecule has 3 nitrogen and oxygen atoms in total. The molecule has 0 bridgehead atoms. The Bertz CT molecular complexity index is 306. The van der Waals surface area contributed by atoms with Gasteiger partial charge in [0.1, 0.15) is 0 Å². The standard InChI is InChI=1S/C12H21N3/c1-3-8-15-12(6-7-14-15)11-5-4-10(11)9-13-2/h6-7,10-11,13H,3-5,8-9H2,1-2H3. The number of aromatic nitrogens is 2. The van der Waals surface area contributed by atoms with E-state index in [9.17, 15) is 0 Å². The van der Waals surface area contributed by atoms with E-state index < -0.39 is 0 Å². The van der Waals surface area contributed by atoms with Gasteiger partial charge in [0.05, 0.1) is 0 Å². The molecule has 2 atom stereocenters. The van der Waals surface area contributed by atoms with Crippen LogP contribution in [-0.4, -0.2) is 23.4 Å². The molecule has 1 fully saturated rings. The van der Waals surface area contributed by atoms with Crippen LogP contribution in [0.4, 0.5) is 0 Å². The number of hydrogen-bond acceptors (Lipinski definition) is 2. The number of hydrogen-bond donors (Lipinski definition) is 1. The molecule has 2 rings (SSSR count). The van der Waals surface area contributed by atoms with Crippen molar-refractivity contribution < 1.29 is 0 Å². The van der Waals surface area contributed by atoms with Crippen LogP contribution in [0, 0.1) is 5.92 Å². The Hall–Kier alpha value is -0.830. The van der Waals surface area contributed by atoms with E-state index in [1.807, 2.05) is 13.2 Å². The van der Waals surface area contributed by atoms with Crippen LogP contribution in [0.5, 0.6) is 0 Å². The van der Waals surface area contributed by atoms with Crippen molar-refractivity contribution in [2.45, 2.75) is 38.6 Å². The number of rotatable bonds is 5. The molecule has 1 N–H and O–H groups in total. The molecule has 84 valence electrons. The predicted molar refractivity (Wildman–Crippen MR) is 61.9 cm³/mol. The Kier molecular flexibility index (Phi) is 3.41. The van der Waals surface area contributed by atoms with Gasteiger partial charge >= 0.3 is 0 Å². The van der Waals surface area contributed by atoms with Gasteiger partial charge in [-0.15, -0.1) is 0 Å². The van der Waals surface area contributed by atoms with Crippen LogP contribution >= 0.6 is 0 Å². The van der Waals surface area contributed by atoms with Crippen LogP contribution in [0.1, 0.15) is 37.8 Å². The van der Waals surface area contributed by atoms with Crippen molar-refractivity contribution in [1.29, 1.82) is 0 Å². The van der Waals surface area contributed by atoms with Gasteiger partial charge < -0.3 is 5.32 Å². The molecule has 0 aromatic carbocycles. The van der Waals surface area contributed by atoms with Crippen LogP contribution in [0.2, 0.25) is 0 Å². The maximum Gasteiger partial charge on any atom is 0.0492 e. The lowest BCUT2D eigenvalue weighted by Crippen LogP contribution is -2.33. The molecular weight excluding hydrogens is 186 g/mol. The molecular formula is C12H21N3. The first-order chi connectivity index (χ1) is 7.36. The molecule has 0 aliphatic heterocycles. The molecule has 15 heavy (non-hydrogen) atoms. The molecule has 0 saturated heterocycles. The molecule has 2 unspecified atom stereocenters. The summed E-state index contributed by atoms with van der Waals surface area (Å²) in [7, 11) is 2.04. The fourth-order valence-corrected chi connectivity index (χ4v) is 2.52. The Balaban J connectivity index is 2.05. The van der Waals surface area contributed by atoms with Gasteiger partial charge in [-0.25, -0.2) is 0 Å². The summed E-state index contributed by atoms with van der Waals surface area (Å²) in [6, 6.07) is 2.20. The van der Waals surface area contributed by atoms with Crippen LogP contribution in [-0.2, 0) is 6.54 Å². The van der Waals surface area contributed by atoms with E-state index in [2.05, 4.69) is 28.1 Å². The van der Waals surface area contributed by atoms with E-state index in [1.165, 1.54) is 18.5 Å². The fraction of sp³-hybridized carbons (Fsp3) is 0.750. The molecule has 1 aromatic heterocycles. The quantitative estimate of drug-likeness (QED) is 0.800. The van der Waals surface area contributed by atoms with Gasteiger partial charge in [-0.2, -0.15) is 5.10 Å². The normalized spacial score (nSPS) is 25.2. The summed E-state index contributed by atoms with van der Waals surface area (Å²) in [5, 5.41) is 7.68. The smallest absolute Gasteiger partial charge is 0.0492 e. The molecule has 1 heterocycles. The summed E-state index contributed by atoms with van der Waals surface area (Å²) in [4.78, 5) is 0. The summed E-state index contributed by atoms with van der Waals surface area (Å²) >= 11 is 0. The SMILES string of the molecule is CCCn1nccc1C1CCC1CNC. The summed E-state index contributed by atoms with van der Waals surface area (Å²) in [5.41, 5.74) is 1.45. The lowest BCUT2D eigenvalue weighted by molar-refractivity contribution is 0.237. The van der Waals surface area contributed by atoms with Crippen molar-refractivity contribution in [1.82, 2.24) is 15.1 Å². The topological polar surface area (TPSA) is 29.9 Å². The fourth-order valence-electron chi connectivity index (χ4n) is 2.52. The highest BCUT2D eigenvalue weighted by atomic mass is 15.3. The third kappa shape index (κ3) is 2.07. The van der Waals surface area contributed by atoms with Gasteiger partial charge in [0, 0.05) is 24.4 Å². The summed E-state index contributed by atoms with van der Waals surface area (Å²) in [6.45, 7) is 4.41. The Morgan fingerprint density at radius 1 is 1.53 bits per heavy atom. The van der Waals surface area contributed by atoms with E-state index in [4.69, 9.17) is 0 Å². The lowest BCUT2D eigenvalue weighted by atomic mass is 9.72. The molecule has 1 saturated carbocycles. The van der Waals surface area contributed by atoms with Crippen molar-refractivity contribution in [3.05, 3.63) is 18.0 Å². The number of nitrogens with one attached hydrogen (secondary N) is 1. The molecule has 1 aliphatic rings. The van der Waals surface area contributed by atoms with E-state index in [0.717, 1.165) is 31.3 Å². The second kappa shape index (κ2) is 4.79.